The number of primary amides is 1. The van der Waals surface area contributed by atoms with E-state index in [1.807, 2.05) is 30.3 Å². The van der Waals surface area contributed by atoms with Crippen molar-refractivity contribution in [2.24, 2.45) is 5.73 Å². The summed E-state index contributed by atoms with van der Waals surface area (Å²) in [7, 11) is 1.73. The summed E-state index contributed by atoms with van der Waals surface area (Å²) in [6.07, 6.45) is 1.83. The smallest absolute Gasteiger partial charge is 0.244 e. The number of nitrogens with two attached hydrogens (primary N) is 1. The fraction of sp³-hybridized carbons (Fsp3) is 0.533. The zero-order chi connectivity index (χ0) is 14.4. The number of carbonyl (C=O) groups is 1. The molecule has 0 bridgehead atoms. The first kappa shape index (κ1) is 15.0. The van der Waals surface area contributed by atoms with Gasteiger partial charge in [-0.1, -0.05) is 30.3 Å². The summed E-state index contributed by atoms with van der Waals surface area (Å²) in [5, 5.41) is 3.04. The molecule has 0 saturated carbocycles. The van der Waals surface area contributed by atoms with Crippen molar-refractivity contribution in [2.45, 2.75) is 24.5 Å². The van der Waals surface area contributed by atoms with Crippen molar-refractivity contribution in [1.29, 1.82) is 0 Å². The van der Waals surface area contributed by atoms with Crippen LogP contribution in [0.4, 0.5) is 0 Å². The Morgan fingerprint density at radius 2 is 2.05 bits per heavy atom. The Bertz CT molecular complexity index is 432. The predicted molar refractivity (Wildman–Crippen MR) is 76.2 cm³/mol. The minimum absolute atomic E-state index is 0.125. The maximum absolute atomic E-state index is 12.0. The van der Waals surface area contributed by atoms with Gasteiger partial charge in [-0.05, 0) is 25.5 Å². The van der Waals surface area contributed by atoms with Gasteiger partial charge in [0, 0.05) is 13.2 Å². The maximum atomic E-state index is 12.0. The van der Waals surface area contributed by atoms with Crippen LogP contribution in [0.15, 0.2) is 30.3 Å². The highest BCUT2D eigenvalue weighted by atomic mass is 16.5. The van der Waals surface area contributed by atoms with E-state index in [4.69, 9.17) is 15.2 Å². The second-order valence-corrected chi connectivity index (χ2v) is 5.01. The Balaban J connectivity index is 2.12. The average Bonchev–Trinajstić information content (AvgIpc) is 2.50. The first-order chi connectivity index (χ1) is 9.69. The van der Waals surface area contributed by atoms with Crippen LogP contribution in [0.3, 0.4) is 0 Å². The average molecular weight is 278 g/mol. The van der Waals surface area contributed by atoms with E-state index in [0.717, 1.165) is 18.4 Å². The molecule has 1 aromatic carbocycles. The number of nitrogens with one attached hydrogen (secondary N) is 1. The zero-order valence-corrected chi connectivity index (χ0v) is 11.8. The molecule has 0 spiro atoms. The number of amides is 1. The van der Waals surface area contributed by atoms with Crippen LogP contribution >= 0.6 is 0 Å². The van der Waals surface area contributed by atoms with Crippen molar-refractivity contribution in [1.82, 2.24) is 5.32 Å². The van der Waals surface area contributed by atoms with Crippen molar-refractivity contribution in [2.75, 3.05) is 26.9 Å². The molecule has 1 fully saturated rings. The summed E-state index contributed by atoms with van der Waals surface area (Å²) in [5.74, 6) is -0.432. The second kappa shape index (κ2) is 6.83. The third kappa shape index (κ3) is 3.17. The van der Waals surface area contributed by atoms with Gasteiger partial charge < -0.3 is 20.5 Å². The van der Waals surface area contributed by atoms with Gasteiger partial charge >= 0.3 is 0 Å². The zero-order valence-electron chi connectivity index (χ0n) is 11.8. The predicted octanol–water partition coefficient (Wildman–Crippen LogP) is 0.782. The van der Waals surface area contributed by atoms with Crippen LogP contribution in [0, 0.1) is 0 Å². The number of carbonyl (C=O) groups excluding carboxylic acids is 1. The van der Waals surface area contributed by atoms with E-state index in [9.17, 15) is 4.79 Å². The third-order valence-corrected chi connectivity index (χ3v) is 3.82. The van der Waals surface area contributed by atoms with Crippen LogP contribution in [0.25, 0.3) is 0 Å². The van der Waals surface area contributed by atoms with E-state index < -0.39 is 11.4 Å². The van der Waals surface area contributed by atoms with Gasteiger partial charge in [0.15, 0.2) is 0 Å². The molecule has 1 aliphatic heterocycles. The first-order valence-electron chi connectivity index (χ1n) is 6.93. The molecule has 1 amide bonds. The topological polar surface area (TPSA) is 73.6 Å². The molecular weight excluding hydrogens is 256 g/mol. The van der Waals surface area contributed by atoms with Crippen LogP contribution in [-0.2, 0) is 19.8 Å². The van der Waals surface area contributed by atoms with E-state index in [1.165, 1.54) is 0 Å². The fourth-order valence-electron chi connectivity index (χ4n) is 2.44. The Morgan fingerprint density at radius 3 is 2.60 bits per heavy atom. The molecule has 20 heavy (non-hydrogen) atoms. The van der Waals surface area contributed by atoms with Crippen LogP contribution in [0.5, 0.6) is 0 Å². The van der Waals surface area contributed by atoms with E-state index in [1.54, 1.807) is 7.05 Å². The molecule has 0 radical (unpaired) electrons. The Hall–Kier alpha value is -1.43. The van der Waals surface area contributed by atoms with Crippen LogP contribution < -0.4 is 11.1 Å². The molecule has 1 atom stereocenters. The second-order valence-electron chi connectivity index (χ2n) is 5.01. The Morgan fingerprint density at radius 1 is 1.40 bits per heavy atom. The summed E-state index contributed by atoms with van der Waals surface area (Å²) >= 11 is 0. The van der Waals surface area contributed by atoms with Crippen molar-refractivity contribution >= 4 is 5.91 Å². The van der Waals surface area contributed by atoms with Crippen molar-refractivity contribution in [3.05, 3.63) is 35.9 Å². The number of rotatable bonds is 6. The molecule has 1 aromatic rings. The van der Waals surface area contributed by atoms with Gasteiger partial charge in [-0.3, -0.25) is 4.79 Å². The fourth-order valence-corrected chi connectivity index (χ4v) is 2.44. The lowest BCUT2D eigenvalue weighted by Crippen LogP contribution is -2.55. The lowest BCUT2D eigenvalue weighted by molar-refractivity contribution is -0.130. The first-order valence-corrected chi connectivity index (χ1v) is 6.93. The van der Waals surface area contributed by atoms with Gasteiger partial charge in [0.05, 0.1) is 12.7 Å². The molecule has 1 heterocycles. The minimum Gasteiger partial charge on any atom is -0.381 e. The summed E-state index contributed by atoms with van der Waals surface area (Å²) in [4.78, 5) is 12.0. The summed E-state index contributed by atoms with van der Waals surface area (Å²) in [6, 6.07) is 9.45. The minimum atomic E-state index is -0.987. The number of likely N-dealkylation sites (N-methyl/N-ethyl adjacent to an activating group) is 1. The van der Waals surface area contributed by atoms with Crippen molar-refractivity contribution in [3.8, 4) is 0 Å². The highest BCUT2D eigenvalue weighted by Gasteiger charge is 2.38. The highest BCUT2D eigenvalue weighted by Crippen LogP contribution is 2.23. The molecule has 2 rings (SSSR count). The van der Waals surface area contributed by atoms with E-state index >= 15 is 0 Å². The monoisotopic (exact) mass is 278 g/mol. The molecule has 1 aliphatic rings. The number of hydrogen-bond acceptors (Lipinski definition) is 4. The van der Waals surface area contributed by atoms with E-state index in [-0.39, 0.29) is 12.7 Å². The summed E-state index contributed by atoms with van der Waals surface area (Å²) in [5.41, 5.74) is 5.46. The molecule has 110 valence electrons. The van der Waals surface area contributed by atoms with Gasteiger partial charge in [-0.15, -0.1) is 0 Å². The largest absolute Gasteiger partial charge is 0.381 e. The van der Waals surface area contributed by atoms with Crippen LogP contribution in [0.2, 0.25) is 0 Å². The van der Waals surface area contributed by atoms with Crippen molar-refractivity contribution in [3.63, 3.8) is 0 Å². The van der Waals surface area contributed by atoms with Gasteiger partial charge in [-0.2, -0.15) is 0 Å². The number of ether oxygens (including phenoxy) is 2. The molecule has 1 unspecified atom stereocenters. The third-order valence-electron chi connectivity index (χ3n) is 3.82. The van der Waals surface area contributed by atoms with E-state index in [2.05, 4.69) is 5.32 Å². The summed E-state index contributed by atoms with van der Waals surface area (Å²) in [6.45, 7) is 1.64. The molecule has 5 nitrogen and oxygen atoms in total. The molecule has 0 aliphatic carbocycles. The quantitative estimate of drug-likeness (QED) is 0.806. The van der Waals surface area contributed by atoms with Gasteiger partial charge in [-0.25, -0.2) is 0 Å². The van der Waals surface area contributed by atoms with Gasteiger partial charge in [0.25, 0.3) is 0 Å². The number of hydrogen-bond donors (Lipinski definition) is 2. The van der Waals surface area contributed by atoms with E-state index in [0.29, 0.717) is 13.2 Å². The number of benzene rings is 1. The molecular formula is C15H22N2O3. The van der Waals surface area contributed by atoms with Crippen molar-refractivity contribution < 1.29 is 14.3 Å². The molecule has 5 heteroatoms. The maximum Gasteiger partial charge on any atom is 0.244 e. The highest BCUT2D eigenvalue weighted by molar-refractivity contribution is 5.86. The lowest BCUT2D eigenvalue weighted by atomic mass is 9.90. The summed E-state index contributed by atoms with van der Waals surface area (Å²) < 4.78 is 11.2. The Labute approximate surface area is 119 Å². The molecule has 1 saturated heterocycles. The van der Waals surface area contributed by atoms with Gasteiger partial charge in [0.2, 0.25) is 5.91 Å². The molecule has 0 aromatic heterocycles. The van der Waals surface area contributed by atoms with Gasteiger partial charge in [0.1, 0.15) is 5.54 Å². The van der Waals surface area contributed by atoms with Crippen LogP contribution in [0.1, 0.15) is 18.4 Å². The Kier molecular flexibility index (Phi) is 5.11. The van der Waals surface area contributed by atoms with Crippen LogP contribution in [-0.4, -0.2) is 38.9 Å². The standard InChI is InChI=1S/C15H22N2O3/c1-17-15(14(16)18,12-5-3-2-4-6-12)11-20-13-7-9-19-10-8-13/h2-6,13,17H,7-11H2,1H3,(H2,16,18). The SMILES string of the molecule is CNC(COC1CCOCC1)(C(N)=O)c1ccccc1. The molecule has 3 N–H and O–H groups in total. The normalized spacial score (nSPS) is 19.4. The lowest BCUT2D eigenvalue weighted by Gasteiger charge is -2.33.